The Hall–Kier alpha value is -2.40. The van der Waals surface area contributed by atoms with Crippen molar-refractivity contribution in [2.75, 3.05) is 12.0 Å². The molecule has 1 aliphatic heterocycles. The van der Waals surface area contributed by atoms with E-state index in [2.05, 4.69) is 0 Å². The van der Waals surface area contributed by atoms with Crippen LogP contribution in [0, 0.1) is 5.82 Å². The molecule has 0 aromatic heterocycles. The number of methoxy groups -OCH3 is 1. The van der Waals surface area contributed by atoms with E-state index in [4.69, 9.17) is 10.5 Å². The number of anilines is 1. The number of nitrogens with zero attached hydrogens (tertiary/aromatic N) is 1. The largest absolute Gasteiger partial charge is 0.497 e. The van der Waals surface area contributed by atoms with Gasteiger partial charge in [-0.05, 0) is 18.2 Å². The number of carbonyl (C=O) groups is 1. The molecule has 0 radical (unpaired) electrons. The lowest BCUT2D eigenvalue weighted by Gasteiger charge is -2.45. The normalized spacial score (nSPS) is 21.1. The molecule has 0 saturated carbocycles. The topological polar surface area (TPSA) is 55.6 Å². The summed E-state index contributed by atoms with van der Waals surface area (Å²) in [4.78, 5) is 13.6. The van der Waals surface area contributed by atoms with Gasteiger partial charge in [0.2, 0.25) is 5.91 Å². The summed E-state index contributed by atoms with van der Waals surface area (Å²) in [7, 11) is 1.55. The number of rotatable bonds is 3. The van der Waals surface area contributed by atoms with Crippen molar-refractivity contribution in [2.24, 2.45) is 5.73 Å². The van der Waals surface area contributed by atoms with Crippen LogP contribution >= 0.6 is 0 Å². The summed E-state index contributed by atoms with van der Waals surface area (Å²) in [6.07, 6.45) is 0. The third-order valence-corrected chi connectivity index (χ3v) is 3.70. The van der Waals surface area contributed by atoms with Gasteiger partial charge in [0.15, 0.2) is 0 Å². The highest BCUT2D eigenvalue weighted by Gasteiger charge is 2.47. The van der Waals surface area contributed by atoms with Crippen LogP contribution in [-0.2, 0) is 4.79 Å². The summed E-state index contributed by atoms with van der Waals surface area (Å²) in [6, 6.07) is 12.2. The third kappa shape index (κ3) is 2.15. The van der Waals surface area contributed by atoms with Gasteiger partial charge < -0.3 is 15.4 Å². The van der Waals surface area contributed by atoms with E-state index in [-0.39, 0.29) is 11.7 Å². The van der Waals surface area contributed by atoms with E-state index >= 15 is 0 Å². The molecule has 0 spiro atoms. The first kappa shape index (κ1) is 13.6. The average Bonchev–Trinajstić information content (AvgIpc) is 2.52. The van der Waals surface area contributed by atoms with Gasteiger partial charge in [-0.1, -0.05) is 24.3 Å². The fourth-order valence-electron chi connectivity index (χ4n) is 2.61. The lowest BCUT2D eigenvalue weighted by Crippen LogP contribution is -2.63. The molecule has 1 fully saturated rings. The molecule has 2 aromatic carbocycles. The molecule has 0 bridgehead atoms. The quantitative estimate of drug-likeness (QED) is 0.880. The Morgan fingerprint density at radius 2 is 1.95 bits per heavy atom. The molecule has 2 atom stereocenters. The highest BCUT2D eigenvalue weighted by Crippen LogP contribution is 2.39. The molecule has 1 heterocycles. The van der Waals surface area contributed by atoms with Crippen LogP contribution in [-0.4, -0.2) is 19.1 Å². The van der Waals surface area contributed by atoms with Crippen LogP contribution in [0.15, 0.2) is 48.5 Å². The summed E-state index contributed by atoms with van der Waals surface area (Å²) in [5, 5.41) is 0. The van der Waals surface area contributed by atoms with E-state index in [1.54, 1.807) is 49.6 Å². The van der Waals surface area contributed by atoms with Crippen LogP contribution in [0.4, 0.5) is 10.1 Å². The molecule has 5 heteroatoms. The number of halogens is 1. The van der Waals surface area contributed by atoms with Crippen LogP contribution in [0.1, 0.15) is 11.6 Å². The van der Waals surface area contributed by atoms with Gasteiger partial charge in [0.05, 0.1) is 13.2 Å². The molecular formula is C16H15FN2O2. The summed E-state index contributed by atoms with van der Waals surface area (Å²) in [6.45, 7) is 0. The maximum atomic E-state index is 14.0. The second-order valence-electron chi connectivity index (χ2n) is 4.90. The Morgan fingerprint density at radius 3 is 2.67 bits per heavy atom. The molecule has 2 N–H and O–H groups in total. The fourth-order valence-corrected chi connectivity index (χ4v) is 2.61. The Labute approximate surface area is 121 Å². The zero-order valence-electron chi connectivity index (χ0n) is 11.5. The maximum Gasteiger partial charge on any atom is 0.247 e. The molecule has 1 amide bonds. The van der Waals surface area contributed by atoms with Gasteiger partial charge >= 0.3 is 0 Å². The minimum absolute atomic E-state index is 0.225. The first-order valence-corrected chi connectivity index (χ1v) is 6.60. The summed E-state index contributed by atoms with van der Waals surface area (Å²) < 4.78 is 19.1. The number of nitrogens with two attached hydrogens (primary N) is 1. The minimum Gasteiger partial charge on any atom is -0.497 e. The molecule has 0 unspecified atom stereocenters. The monoisotopic (exact) mass is 286 g/mol. The Morgan fingerprint density at radius 1 is 1.19 bits per heavy atom. The number of hydrogen-bond donors (Lipinski definition) is 1. The van der Waals surface area contributed by atoms with Gasteiger partial charge in [-0.3, -0.25) is 4.79 Å². The third-order valence-electron chi connectivity index (χ3n) is 3.70. The van der Waals surface area contributed by atoms with Gasteiger partial charge in [0.1, 0.15) is 17.6 Å². The zero-order valence-corrected chi connectivity index (χ0v) is 11.5. The van der Waals surface area contributed by atoms with Crippen molar-refractivity contribution in [3.63, 3.8) is 0 Å². The van der Waals surface area contributed by atoms with E-state index in [0.29, 0.717) is 17.0 Å². The smallest absolute Gasteiger partial charge is 0.247 e. The maximum absolute atomic E-state index is 14.0. The molecule has 21 heavy (non-hydrogen) atoms. The molecular weight excluding hydrogens is 271 g/mol. The highest BCUT2D eigenvalue weighted by atomic mass is 19.1. The molecule has 3 rings (SSSR count). The van der Waals surface area contributed by atoms with E-state index in [1.165, 1.54) is 11.0 Å². The fraction of sp³-hybridized carbons (Fsp3) is 0.188. The van der Waals surface area contributed by atoms with Gasteiger partial charge in [-0.2, -0.15) is 0 Å². The summed E-state index contributed by atoms with van der Waals surface area (Å²) in [5.41, 5.74) is 6.95. The van der Waals surface area contributed by atoms with Crippen molar-refractivity contribution in [1.82, 2.24) is 0 Å². The van der Waals surface area contributed by atoms with Crippen molar-refractivity contribution in [3.05, 3.63) is 59.9 Å². The van der Waals surface area contributed by atoms with E-state index < -0.39 is 12.1 Å². The first-order valence-electron chi connectivity index (χ1n) is 6.60. The Kier molecular flexibility index (Phi) is 3.35. The molecule has 108 valence electrons. The Balaban J connectivity index is 2.00. The number of carbonyl (C=O) groups excluding carboxylic acids is 1. The SMILES string of the molecule is COc1cccc(N2C(=O)[C@H](N)[C@@H]2c2ccccc2F)c1. The van der Waals surface area contributed by atoms with Gasteiger partial charge in [0.25, 0.3) is 0 Å². The van der Waals surface area contributed by atoms with E-state index in [9.17, 15) is 9.18 Å². The van der Waals surface area contributed by atoms with Crippen LogP contribution in [0.25, 0.3) is 0 Å². The summed E-state index contributed by atoms with van der Waals surface area (Å²) in [5.74, 6) is 0.0444. The van der Waals surface area contributed by atoms with Crippen molar-refractivity contribution >= 4 is 11.6 Å². The van der Waals surface area contributed by atoms with Crippen molar-refractivity contribution < 1.29 is 13.9 Å². The van der Waals surface area contributed by atoms with Crippen LogP contribution in [0.2, 0.25) is 0 Å². The molecule has 4 nitrogen and oxygen atoms in total. The second kappa shape index (κ2) is 5.18. The van der Waals surface area contributed by atoms with Crippen LogP contribution in [0.5, 0.6) is 5.75 Å². The number of ether oxygens (including phenoxy) is 1. The Bertz CT molecular complexity index is 689. The predicted molar refractivity (Wildman–Crippen MR) is 77.6 cm³/mol. The van der Waals surface area contributed by atoms with Crippen molar-refractivity contribution in [1.29, 1.82) is 0 Å². The number of hydrogen-bond acceptors (Lipinski definition) is 3. The second-order valence-corrected chi connectivity index (χ2v) is 4.90. The summed E-state index contributed by atoms with van der Waals surface area (Å²) >= 11 is 0. The standard InChI is InChI=1S/C16H15FN2O2/c1-21-11-6-4-5-10(9-11)19-15(14(18)16(19)20)12-7-2-3-8-13(12)17/h2-9,14-15H,18H2,1H3/t14-,15+/m1/s1. The van der Waals surface area contributed by atoms with E-state index in [1.807, 2.05) is 0 Å². The molecule has 1 saturated heterocycles. The molecule has 1 aliphatic rings. The average molecular weight is 286 g/mol. The van der Waals surface area contributed by atoms with Gasteiger partial charge in [-0.15, -0.1) is 0 Å². The minimum atomic E-state index is -0.729. The first-order chi connectivity index (χ1) is 10.1. The zero-order chi connectivity index (χ0) is 15.0. The van der Waals surface area contributed by atoms with Crippen LogP contribution in [0.3, 0.4) is 0 Å². The number of β-lactam (4-membered cyclic amide) rings is 1. The number of benzene rings is 2. The lowest BCUT2D eigenvalue weighted by molar-refractivity contribution is -0.126. The molecule has 2 aromatic rings. The van der Waals surface area contributed by atoms with Gasteiger partial charge in [0, 0.05) is 17.3 Å². The van der Waals surface area contributed by atoms with Crippen molar-refractivity contribution in [2.45, 2.75) is 12.1 Å². The highest BCUT2D eigenvalue weighted by molar-refractivity contribution is 6.05. The van der Waals surface area contributed by atoms with Gasteiger partial charge in [-0.25, -0.2) is 4.39 Å². The van der Waals surface area contributed by atoms with E-state index in [0.717, 1.165) is 0 Å². The number of amides is 1. The van der Waals surface area contributed by atoms with Crippen molar-refractivity contribution in [3.8, 4) is 5.75 Å². The predicted octanol–water partition coefficient (Wildman–Crippen LogP) is 2.25. The van der Waals surface area contributed by atoms with Crippen LogP contribution < -0.4 is 15.4 Å². The lowest BCUT2D eigenvalue weighted by atomic mass is 9.88. The molecule has 0 aliphatic carbocycles.